The third-order valence-corrected chi connectivity index (χ3v) is 10.3. The molecule has 0 aliphatic heterocycles. The molecule has 3 heteroatoms. The molecule has 0 N–H and O–H groups in total. The molecule has 0 unspecified atom stereocenters. The zero-order chi connectivity index (χ0) is 15.5. The van der Waals surface area contributed by atoms with Gasteiger partial charge in [-0.25, -0.2) is 0 Å². The van der Waals surface area contributed by atoms with Crippen molar-refractivity contribution in [1.82, 2.24) is 0 Å². The predicted molar refractivity (Wildman–Crippen MR) is 91.1 cm³/mol. The van der Waals surface area contributed by atoms with Crippen molar-refractivity contribution in [2.24, 2.45) is 0 Å². The molecule has 0 spiro atoms. The van der Waals surface area contributed by atoms with Crippen molar-refractivity contribution >= 4 is 19.9 Å². The van der Waals surface area contributed by atoms with Crippen molar-refractivity contribution in [1.29, 1.82) is 0 Å². The van der Waals surface area contributed by atoms with Crippen LogP contribution in [0.25, 0.3) is 0 Å². The minimum atomic E-state index is -1.97. The van der Waals surface area contributed by atoms with Gasteiger partial charge in [-0.2, -0.15) is 0 Å². The molecular formula is C17H25ClOSi. The summed E-state index contributed by atoms with van der Waals surface area (Å²) in [5, 5.41) is 0.649. The summed E-state index contributed by atoms with van der Waals surface area (Å²) >= 11 is 6.01. The van der Waals surface area contributed by atoms with Gasteiger partial charge in [-0.1, -0.05) is 59.1 Å². The van der Waals surface area contributed by atoms with Crippen LogP contribution < -0.4 is 4.43 Å². The van der Waals surface area contributed by atoms with E-state index in [1.807, 2.05) is 12.1 Å². The van der Waals surface area contributed by atoms with Gasteiger partial charge in [0.1, 0.15) is 5.75 Å². The van der Waals surface area contributed by atoms with Gasteiger partial charge >= 0.3 is 0 Å². The maximum atomic E-state index is 6.60. The maximum Gasteiger partial charge on any atom is 0.258 e. The van der Waals surface area contributed by atoms with Crippen LogP contribution in [0.5, 0.6) is 5.75 Å². The first-order valence-corrected chi connectivity index (χ1v) is 9.72. The first kappa shape index (κ1) is 17.1. The predicted octanol–water partition coefficient (Wildman–Crippen LogP) is 5.88. The Labute approximate surface area is 129 Å². The summed E-state index contributed by atoms with van der Waals surface area (Å²) < 4.78 is 6.60. The van der Waals surface area contributed by atoms with Gasteiger partial charge in [0.25, 0.3) is 8.32 Å². The van der Waals surface area contributed by atoms with Crippen LogP contribution in [0.3, 0.4) is 0 Å². The van der Waals surface area contributed by atoms with Gasteiger partial charge < -0.3 is 4.43 Å². The van der Waals surface area contributed by atoms with E-state index >= 15 is 0 Å². The largest absolute Gasteiger partial charge is 0.542 e. The summed E-state index contributed by atoms with van der Waals surface area (Å²) in [6.45, 7) is 13.6. The van der Waals surface area contributed by atoms with E-state index < -0.39 is 8.32 Å². The fraction of sp³-hybridized carbons (Fsp3) is 0.529. The lowest BCUT2D eigenvalue weighted by Crippen LogP contribution is -2.50. The van der Waals surface area contributed by atoms with E-state index in [4.69, 9.17) is 22.5 Å². The van der Waals surface area contributed by atoms with Gasteiger partial charge in [-0.3, -0.25) is 0 Å². The molecule has 0 bridgehead atoms. The average Bonchev–Trinajstić information content (AvgIpc) is 2.35. The molecule has 110 valence electrons. The number of hydrogen-bond acceptors (Lipinski definition) is 1. The molecule has 0 amide bonds. The molecule has 1 nitrogen and oxygen atoms in total. The molecule has 0 fully saturated rings. The highest BCUT2D eigenvalue weighted by molar-refractivity contribution is 6.78. The number of hydrogen-bond donors (Lipinski definition) is 0. The van der Waals surface area contributed by atoms with Crippen molar-refractivity contribution in [3.05, 3.63) is 28.8 Å². The van der Waals surface area contributed by atoms with Gasteiger partial charge in [-0.05, 0) is 34.8 Å². The monoisotopic (exact) mass is 308 g/mol. The first-order chi connectivity index (χ1) is 9.25. The number of rotatable bonds is 5. The Hall–Kier alpha value is -0.913. The lowest BCUT2D eigenvalue weighted by Gasteiger charge is -2.42. The molecular weight excluding hydrogens is 284 g/mol. The van der Waals surface area contributed by atoms with Crippen molar-refractivity contribution in [3.8, 4) is 18.1 Å². The number of halogens is 1. The van der Waals surface area contributed by atoms with E-state index in [9.17, 15) is 0 Å². The Morgan fingerprint density at radius 3 is 1.95 bits per heavy atom. The molecule has 0 atom stereocenters. The van der Waals surface area contributed by atoms with Crippen molar-refractivity contribution in [2.75, 3.05) is 0 Å². The summed E-state index contributed by atoms with van der Waals surface area (Å²) in [4.78, 5) is 0. The van der Waals surface area contributed by atoms with E-state index in [1.54, 1.807) is 6.07 Å². The zero-order valence-electron chi connectivity index (χ0n) is 13.3. The SMILES string of the molecule is C#Cc1cc(Cl)ccc1O[Si](C(C)C)(C(C)C)C(C)C. The Morgan fingerprint density at radius 1 is 1.05 bits per heavy atom. The van der Waals surface area contributed by atoms with E-state index in [0.29, 0.717) is 21.6 Å². The van der Waals surface area contributed by atoms with Crippen LogP contribution in [0, 0.1) is 12.3 Å². The summed E-state index contributed by atoms with van der Waals surface area (Å²) in [6.07, 6.45) is 5.59. The van der Waals surface area contributed by atoms with Crippen molar-refractivity contribution in [3.63, 3.8) is 0 Å². The molecule has 0 radical (unpaired) electrons. The topological polar surface area (TPSA) is 9.23 Å². The molecule has 1 aromatic carbocycles. The van der Waals surface area contributed by atoms with Crippen LogP contribution >= 0.6 is 11.6 Å². The van der Waals surface area contributed by atoms with Crippen LogP contribution in [0.1, 0.15) is 47.1 Å². The molecule has 1 aromatic rings. The van der Waals surface area contributed by atoms with Gasteiger partial charge in [-0.15, -0.1) is 6.42 Å². The highest BCUT2D eigenvalue weighted by Crippen LogP contribution is 2.43. The van der Waals surface area contributed by atoms with E-state index in [0.717, 1.165) is 11.3 Å². The molecule has 0 aromatic heterocycles. The third kappa shape index (κ3) is 3.21. The fourth-order valence-corrected chi connectivity index (χ4v) is 8.69. The second-order valence-corrected chi connectivity index (χ2v) is 12.0. The smallest absolute Gasteiger partial charge is 0.258 e. The fourth-order valence-electron chi connectivity index (χ4n) is 3.25. The van der Waals surface area contributed by atoms with Gasteiger partial charge in [0.05, 0.1) is 5.56 Å². The van der Waals surface area contributed by atoms with Crippen LogP contribution in [-0.4, -0.2) is 8.32 Å². The molecule has 1 rings (SSSR count). The van der Waals surface area contributed by atoms with Crippen LogP contribution in [0.15, 0.2) is 18.2 Å². The number of terminal acetylenes is 1. The number of benzene rings is 1. The third-order valence-electron chi connectivity index (χ3n) is 4.09. The quantitative estimate of drug-likeness (QED) is 0.488. The molecule has 0 heterocycles. The maximum absolute atomic E-state index is 6.60. The summed E-state index contributed by atoms with van der Waals surface area (Å²) in [7, 11) is -1.97. The standard InChI is InChI=1S/C17H25ClOSi/c1-8-15-11-16(18)9-10-17(15)19-20(12(2)3,13(4)5)14(6)7/h1,9-14H,2-7H3. The lowest BCUT2D eigenvalue weighted by atomic mass is 10.2. The van der Waals surface area contributed by atoms with Gasteiger partial charge in [0.15, 0.2) is 0 Å². The Morgan fingerprint density at radius 2 is 1.55 bits per heavy atom. The summed E-state index contributed by atoms with van der Waals surface area (Å²) in [5.74, 6) is 3.49. The van der Waals surface area contributed by atoms with Gasteiger partial charge in [0.2, 0.25) is 0 Å². The Kier molecular flexibility index (Phi) is 5.74. The normalized spacial score (nSPS) is 12.1. The molecule has 0 aliphatic rings. The molecule has 0 saturated heterocycles. The zero-order valence-corrected chi connectivity index (χ0v) is 15.1. The van der Waals surface area contributed by atoms with E-state index in [-0.39, 0.29) is 0 Å². The van der Waals surface area contributed by atoms with E-state index in [1.165, 1.54) is 0 Å². The van der Waals surface area contributed by atoms with E-state index in [2.05, 4.69) is 47.5 Å². The average molecular weight is 309 g/mol. The molecule has 0 saturated carbocycles. The highest BCUT2D eigenvalue weighted by atomic mass is 35.5. The minimum absolute atomic E-state index is 0.517. The van der Waals surface area contributed by atoms with Crippen LogP contribution in [0.2, 0.25) is 21.6 Å². The summed E-state index contributed by atoms with van der Waals surface area (Å²) in [6, 6.07) is 5.56. The second-order valence-electron chi connectivity index (χ2n) is 6.20. The lowest BCUT2D eigenvalue weighted by molar-refractivity contribution is 0.478. The first-order valence-electron chi connectivity index (χ1n) is 7.20. The second kappa shape index (κ2) is 6.69. The van der Waals surface area contributed by atoms with Crippen molar-refractivity contribution < 1.29 is 4.43 Å². The Bertz CT molecular complexity index is 478. The molecule has 20 heavy (non-hydrogen) atoms. The minimum Gasteiger partial charge on any atom is -0.542 e. The summed E-state index contributed by atoms with van der Waals surface area (Å²) in [5.41, 5.74) is 2.30. The van der Waals surface area contributed by atoms with Crippen molar-refractivity contribution in [2.45, 2.75) is 58.2 Å². The van der Waals surface area contributed by atoms with Crippen LogP contribution in [0.4, 0.5) is 0 Å². The Balaban J connectivity index is 3.31. The highest BCUT2D eigenvalue weighted by Gasteiger charge is 2.47. The van der Waals surface area contributed by atoms with Gasteiger partial charge in [0, 0.05) is 5.02 Å². The van der Waals surface area contributed by atoms with Crippen LogP contribution in [-0.2, 0) is 0 Å². The molecule has 0 aliphatic carbocycles.